The van der Waals surface area contributed by atoms with Gasteiger partial charge in [0.2, 0.25) is 0 Å². The molecule has 0 saturated carbocycles. The highest BCUT2D eigenvalue weighted by atomic mass is 16.1. The zero-order valence-corrected chi connectivity index (χ0v) is 9.48. The van der Waals surface area contributed by atoms with Crippen molar-refractivity contribution in [1.82, 2.24) is 4.90 Å². The van der Waals surface area contributed by atoms with Crippen molar-refractivity contribution < 1.29 is 4.79 Å². The van der Waals surface area contributed by atoms with E-state index in [2.05, 4.69) is 39.5 Å². The van der Waals surface area contributed by atoms with Crippen LogP contribution in [0.4, 0.5) is 0 Å². The van der Waals surface area contributed by atoms with E-state index < -0.39 is 0 Å². The Labute approximate surface area is 81.3 Å². The quantitative estimate of drug-likeness (QED) is 0.620. The molecule has 2 heteroatoms. The molecule has 1 aliphatic heterocycles. The third-order valence-electron chi connectivity index (χ3n) is 3.65. The molecule has 0 bridgehead atoms. The predicted octanol–water partition coefficient (Wildman–Crippen LogP) is 2.09. The minimum atomic E-state index is 0.110. The SMILES string of the molecule is CC(C)(C)C(C)(C)N1CCC(=O)C1. The molecule has 1 rings (SSSR count). The lowest BCUT2D eigenvalue weighted by atomic mass is 9.75. The average Bonchev–Trinajstić information content (AvgIpc) is 2.33. The Hall–Kier alpha value is -0.370. The first-order valence-corrected chi connectivity index (χ1v) is 5.02. The van der Waals surface area contributed by atoms with Gasteiger partial charge in [0, 0.05) is 18.5 Å². The molecular formula is C11H21NO. The fraction of sp³-hybridized carbons (Fsp3) is 0.909. The number of carbonyl (C=O) groups is 1. The molecular weight excluding hydrogens is 162 g/mol. The predicted molar refractivity (Wildman–Crippen MR) is 54.7 cm³/mol. The van der Waals surface area contributed by atoms with E-state index in [0.717, 1.165) is 13.0 Å². The number of likely N-dealkylation sites (tertiary alicyclic amines) is 1. The number of nitrogens with zero attached hydrogens (tertiary/aromatic N) is 1. The van der Waals surface area contributed by atoms with Crippen LogP contribution in [0.5, 0.6) is 0 Å². The van der Waals surface area contributed by atoms with Gasteiger partial charge in [-0.05, 0) is 19.3 Å². The van der Waals surface area contributed by atoms with Crippen LogP contribution in [-0.4, -0.2) is 29.3 Å². The number of carbonyl (C=O) groups excluding carboxylic acids is 1. The Bertz CT molecular complexity index is 213. The Morgan fingerprint density at radius 2 is 1.69 bits per heavy atom. The number of rotatable bonds is 1. The van der Waals surface area contributed by atoms with E-state index in [1.54, 1.807) is 0 Å². The average molecular weight is 183 g/mol. The van der Waals surface area contributed by atoms with Crippen LogP contribution in [0.1, 0.15) is 41.0 Å². The second-order valence-corrected chi connectivity index (χ2v) is 5.52. The van der Waals surface area contributed by atoms with Gasteiger partial charge in [0.05, 0.1) is 6.54 Å². The molecule has 2 nitrogen and oxygen atoms in total. The molecule has 1 fully saturated rings. The van der Waals surface area contributed by atoms with Gasteiger partial charge in [-0.25, -0.2) is 0 Å². The molecule has 0 N–H and O–H groups in total. The first-order chi connectivity index (χ1) is 5.75. The van der Waals surface area contributed by atoms with Gasteiger partial charge in [0.1, 0.15) is 5.78 Å². The second-order valence-electron chi connectivity index (χ2n) is 5.52. The lowest BCUT2D eigenvalue weighted by Gasteiger charge is -2.45. The summed E-state index contributed by atoms with van der Waals surface area (Å²) in [6.45, 7) is 12.7. The summed E-state index contributed by atoms with van der Waals surface area (Å²) in [6, 6.07) is 0. The monoisotopic (exact) mass is 183 g/mol. The summed E-state index contributed by atoms with van der Waals surface area (Å²) < 4.78 is 0. The molecule has 0 atom stereocenters. The Balaban J connectivity index is 2.76. The summed E-state index contributed by atoms with van der Waals surface area (Å²) in [5.74, 6) is 0.386. The van der Waals surface area contributed by atoms with Gasteiger partial charge in [-0.2, -0.15) is 0 Å². The van der Waals surface area contributed by atoms with Crippen molar-refractivity contribution in [1.29, 1.82) is 0 Å². The van der Waals surface area contributed by atoms with E-state index in [1.807, 2.05) is 0 Å². The second kappa shape index (κ2) is 3.09. The van der Waals surface area contributed by atoms with Crippen molar-refractivity contribution in [2.24, 2.45) is 5.41 Å². The fourth-order valence-corrected chi connectivity index (χ4v) is 1.58. The van der Waals surface area contributed by atoms with Crippen LogP contribution in [0.3, 0.4) is 0 Å². The summed E-state index contributed by atoms with van der Waals surface area (Å²) in [7, 11) is 0. The number of hydrogen-bond donors (Lipinski definition) is 0. The third-order valence-corrected chi connectivity index (χ3v) is 3.65. The maximum Gasteiger partial charge on any atom is 0.148 e. The van der Waals surface area contributed by atoms with Crippen molar-refractivity contribution >= 4 is 5.78 Å². The highest BCUT2D eigenvalue weighted by Gasteiger charge is 2.40. The Morgan fingerprint density at radius 3 is 2.00 bits per heavy atom. The van der Waals surface area contributed by atoms with E-state index in [1.165, 1.54) is 0 Å². The summed E-state index contributed by atoms with van der Waals surface area (Å²) in [5.41, 5.74) is 0.330. The maximum absolute atomic E-state index is 11.2. The van der Waals surface area contributed by atoms with E-state index in [-0.39, 0.29) is 11.0 Å². The highest BCUT2D eigenvalue weighted by Crippen LogP contribution is 2.36. The van der Waals surface area contributed by atoms with E-state index in [4.69, 9.17) is 0 Å². The van der Waals surface area contributed by atoms with Gasteiger partial charge in [-0.3, -0.25) is 9.69 Å². The maximum atomic E-state index is 11.2. The van der Waals surface area contributed by atoms with Crippen LogP contribution in [0.15, 0.2) is 0 Å². The van der Waals surface area contributed by atoms with Crippen molar-refractivity contribution in [2.75, 3.05) is 13.1 Å². The lowest BCUT2D eigenvalue weighted by molar-refractivity contribution is -0.117. The van der Waals surface area contributed by atoms with Crippen LogP contribution in [0.2, 0.25) is 0 Å². The number of Topliss-reactive ketones (excluding diaryl/α,β-unsaturated/α-hetero) is 1. The molecule has 0 aliphatic carbocycles. The van der Waals surface area contributed by atoms with Crippen LogP contribution in [0, 0.1) is 5.41 Å². The molecule has 1 aliphatic rings. The molecule has 0 amide bonds. The minimum Gasteiger partial charge on any atom is -0.298 e. The molecule has 13 heavy (non-hydrogen) atoms. The molecule has 0 aromatic carbocycles. The Morgan fingerprint density at radius 1 is 1.15 bits per heavy atom. The highest BCUT2D eigenvalue weighted by molar-refractivity contribution is 5.82. The van der Waals surface area contributed by atoms with Crippen molar-refractivity contribution in [3.8, 4) is 0 Å². The van der Waals surface area contributed by atoms with Gasteiger partial charge in [-0.15, -0.1) is 0 Å². The standard InChI is InChI=1S/C11H21NO/c1-10(2,3)11(4,5)12-7-6-9(13)8-12/h6-8H2,1-5H3. The van der Waals surface area contributed by atoms with Crippen LogP contribution < -0.4 is 0 Å². The topological polar surface area (TPSA) is 20.3 Å². The normalized spacial score (nSPS) is 21.2. The van der Waals surface area contributed by atoms with Crippen LogP contribution in [-0.2, 0) is 4.79 Å². The largest absolute Gasteiger partial charge is 0.298 e. The first-order valence-electron chi connectivity index (χ1n) is 5.02. The van der Waals surface area contributed by atoms with Crippen molar-refractivity contribution in [3.63, 3.8) is 0 Å². The molecule has 0 aromatic rings. The molecule has 1 saturated heterocycles. The summed E-state index contributed by atoms with van der Waals surface area (Å²) in [4.78, 5) is 13.5. The van der Waals surface area contributed by atoms with E-state index in [0.29, 0.717) is 12.3 Å². The smallest absolute Gasteiger partial charge is 0.148 e. The van der Waals surface area contributed by atoms with Crippen LogP contribution in [0.25, 0.3) is 0 Å². The molecule has 0 aromatic heterocycles. The molecule has 1 heterocycles. The first kappa shape index (κ1) is 10.7. The minimum absolute atomic E-state index is 0.110. The Kier molecular flexibility index (Phi) is 2.54. The van der Waals surface area contributed by atoms with Gasteiger partial charge < -0.3 is 0 Å². The van der Waals surface area contributed by atoms with Crippen molar-refractivity contribution in [2.45, 2.75) is 46.6 Å². The molecule has 0 spiro atoms. The van der Waals surface area contributed by atoms with Gasteiger partial charge in [0.25, 0.3) is 0 Å². The summed E-state index contributed by atoms with van der Waals surface area (Å²) >= 11 is 0. The molecule has 0 unspecified atom stereocenters. The van der Waals surface area contributed by atoms with Crippen LogP contribution >= 0.6 is 0 Å². The lowest BCUT2D eigenvalue weighted by Crippen LogP contribution is -2.51. The van der Waals surface area contributed by atoms with E-state index >= 15 is 0 Å². The van der Waals surface area contributed by atoms with Crippen molar-refractivity contribution in [3.05, 3.63) is 0 Å². The molecule has 76 valence electrons. The zero-order valence-electron chi connectivity index (χ0n) is 9.48. The van der Waals surface area contributed by atoms with Gasteiger partial charge in [-0.1, -0.05) is 20.8 Å². The molecule has 0 radical (unpaired) electrons. The van der Waals surface area contributed by atoms with Gasteiger partial charge in [0.15, 0.2) is 0 Å². The fourth-order valence-electron chi connectivity index (χ4n) is 1.58. The van der Waals surface area contributed by atoms with Gasteiger partial charge >= 0.3 is 0 Å². The third kappa shape index (κ3) is 1.93. The number of ketones is 1. The summed E-state index contributed by atoms with van der Waals surface area (Å²) in [6.07, 6.45) is 0.736. The zero-order chi connectivity index (χ0) is 10.3. The summed E-state index contributed by atoms with van der Waals surface area (Å²) in [5, 5.41) is 0. The number of hydrogen-bond acceptors (Lipinski definition) is 2. The van der Waals surface area contributed by atoms with E-state index in [9.17, 15) is 4.79 Å².